The number of sulfonamides is 1. The molecule has 0 aliphatic carbocycles. The minimum absolute atomic E-state index is 0.0160. The van der Waals surface area contributed by atoms with Gasteiger partial charge in [0, 0.05) is 6.54 Å². The van der Waals surface area contributed by atoms with Crippen LogP contribution in [0.5, 0.6) is 0 Å². The molecule has 21 heavy (non-hydrogen) atoms. The predicted octanol–water partition coefficient (Wildman–Crippen LogP) is 1.43. The monoisotopic (exact) mass is 308 g/mol. The number of hydrogen-bond acceptors (Lipinski definition) is 4. The first kappa shape index (κ1) is 15.5. The van der Waals surface area contributed by atoms with Gasteiger partial charge in [-0.2, -0.15) is 9.57 Å². The average Bonchev–Trinajstić information content (AvgIpc) is 2.47. The van der Waals surface area contributed by atoms with Gasteiger partial charge in [0.2, 0.25) is 10.0 Å². The summed E-state index contributed by atoms with van der Waals surface area (Å²) in [7, 11) is -3.86. The lowest BCUT2D eigenvalue weighted by Crippen LogP contribution is -2.49. The molecule has 7 heteroatoms. The van der Waals surface area contributed by atoms with Gasteiger partial charge in [-0.1, -0.05) is 6.92 Å². The number of piperidine rings is 1. The Morgan fingerprint density at radius 1 is 1.38 bits per heavy atom. The summed E-state index contributed by atoms with van der Waals surface area (Å²) in [6, 6.07) is 6.38. The van der Waals surface area contributed by atoms with E-state index in [1.807, 2.05) is 13.0 Å². The standard InChI is InChI=1S/C14H16N2O4S/c1-10-6-7-16(13(8-10)14(17)18)21(19,20)12-4-2-11(9-15)3-5-12/h2-5,10,13H,6-8H2,1H3,(H,17,18). The van der Waals surface area contributed by atoms with Crippen molar-refractivity contribution in [2.75, 3.05) is 6.54 Å². The van der Waals surface area contributed by atoms with Gasteiger partial charge >= 0.3 is 5.97 Å². The normalized spacial score (nSPS) is 23.4. The van der Waals surface area contributed by atoms with Crippen molar-refractivity contribution in [1.82, 2.24) is 4.31 Å². The van der Waals surface area contributed by atoms with Crippen LogP contribution in [0.25, 0.3) is 0 Å². The molecule has 0 saturated carbocycles. The zero-order chi connectivity index (χ0) is 15.6. The molecular formula is C14H16N2O4S. The number of hydrogen-bond donors (Lipinski definition) is 1. The quantitative estimate of drug-likeness (QED) is 0.910. The van der Waals surface area contributed by atoms with E-state index in [9.17, 15) is 18.3 Å². The first-order chi connectivity index (χ1) is 9.86. The number of carbonyl (C=O) groups is 1. The topological polar surface area (TPSA) is 98.5 Å². The van der Waals surface area contributed by atoms with Crippen LogP contribution in [0, 0.1) is 17.2 Å². The fraction of sp³-hybridized carbons (Fsp3) is 0.429. The Bertz CT molecular complexity index is 676. The lowest BCUT2D eigenvalue weighted by atomic mass is 9.94. The highest BCUT2D eigenvalue weighted by molar-refractivity contribution is 7.89. The molecule has 112 valence electrons. The number of rotatable bonds is 3. The van der Waals surface area contributed by atoms with Gasteiger partial charge < -0.3 is 5.11 Å². The minimum Gasteiger partial charge on any atom is -0.480 e. The van der Waals surface area contributed by atoms with Crippen LogP contribution in [0.2, 0.25) is 0 Å². The van der Waals surface area contributed by atoms with E-state index in [1.165, 1.54) is 24.3 Å². The maximum Gasteiger partial charge on any atom is 0.322 e. The van der Waals surface area contributed by atoms with Crippen LogP contribution in [0.4, 0.5) is 0 Å². The molecule has 0 radical (unpaired) electrons. The Hall–Kier alpha value is -1.91. The SMILES string of the molecule is CC1CCN(S(=O)(=O)c2ccc(C#N)cc2)C(C(=O)O)C1. The molecule has 1 aromatic carbocycles. The molecule has 1 heterocycles. The van der Waals surface area contributed by atoms with E-state index >= 15 is 0 Å². The minimum atomic E-state index is -3.86. The molecule has 0 aromatic heterocycles. The van der Waals surface area contributed by atoms with E-state index in [2.05, 4.69) is 0 Å². The summed E-state index contributed by atoms with van der Waals surface area (Å²) in [6.07, 6.45) is 0.949. The van der Waals surface area contributed by atoms with Crippen LogP contribution < -0.4 is 0 Å². The molecule has 1 aliphatic rings. The van der Waals surface area contributed by atoms with Gasteiger partial charge in [-0.25, -0.2) is 8.42 Å². The number of aliphatic carboxylic acids is 1. The Morgan fingerprint density at radius 2 is 2.00 bits per heavy atom. The highest BCUT2D eigenvalue weighted by Gasteiger charge is 2.39. The van der Waals surface area contributed by atoms with Crippen LogP contribution in [0.1, 0.15) is 25.3 Å². The lowest BCUT2D eigenvalue weighted by molar-refractivity contribution is -0.143. The van der Waals surface area contributed by atoms with E-state index in [1.54, 1.807) is 0 Å². The molecule has 0 bridgehead atoms. The third kappa shape index (κ3) is 3.06. The summed E-state index contributed by atoms with van der Waals surface area (Å²) in [4.78, 5) is 11.4. The van der Waals surface area contributed by atoms with Crippen LogP contribution in [-0.2, 0) is 14.8 Å². The Morgan fingerprint density at radius 3 is 2.52 bits per heavy atom. The van der Waals surface area contributed by atoms with Crippen molar-refractivity contribution in [3.63, 3.8) is 0 Å². The molecule has 6 nitrogen and oxygen atoms in total. The van der Waals surface area contributed by atoms with E-state index < -0.39 is 22.0 Å². The summed E-state index contributed by atoms with van der Waals surface area (Å²) in [6.45, 7) is 2.11. The van der Waals surface area contributed by atoms with Crippen molar-refractivity contribution in [3.05, 3.63) is 29.8 Å². The number of carboxylic acids is 1. The number of benzene rings is 1. The van der Waals surface area contributed by atoms with Gasteiger partial charge in [-0.05, 0) is 43.0 Å². The summed E-state index contributed by atoms with van der Waals surface area (Å²) < 4.78 is 26.2. The van der Waals surface area contributed by atoms with Crippen LogP contribution in [0.15, 0.2) is 29.2 Å². The van der Waals surface area contributed by atoms with Gasteiger partial charge in [-0.3, -0.25) is 4.79 Å². The van der Waals surface area contributed by atoms with Gasteiger partial charge in [0.25, 0.3) is 0 Å². The molecule has 2 unspecified atom stereocenters. The van der Waals surface area contributed by atoms with Crippen molar-refractivity contribution < 1.29 is 18.3 Å². The van der Waals surface area contributed by atoms with Crippen molar-refractivity contribution >= 4 is 16.0 Å². The van der Waals surface area contributed by atoms with E-state index in [0.717, 1.165) is 4.31 Å². The fourth-order valence-corrected chi connectivity index (χ4v) is 4.08. The maximum absolute atomic E-state index is 12.6. The second-order valence-corrected chi connectivity index (χ2v) is 7.13. The summed E-state index contributed by atoms with van der Waals surface area (Å²) >= 11 is 0. The summed E-state index contributed by atoms with van der Waals surface area (Å²) in [5.74, 6) is -0.947. The van der Waals surface area contributed by atoms with Crippen molar-refractivity contribution in [3.8, 4) is 6.07 Å². The van der Waals surface area contributed by atoms with Gasteiger partial charge in [0.1, 0.15) is 6.04 Å². The highest BCUT2D eigenvalue weighted by atomic mass is 32.2. The number of nitriles is 1. The molecule has 1 fully saturated rings. The van der Waals surface area contributed by atoms with Crippen molar-refractivity contribution in [2.45, 2.75) is 30.7 Å². The first-order valence-corrected chi connectivity index (χ1v) is 8.05. The smallest absolute Gasteiger partial charge is 0.322 e. The average molecular weight is 308 g/mol. The molecule has 0 amide bonds. The van der Waals surface area contributed by atoms with Crippen molar-refractivity contribution in [2.24, 2.45) is 5.92 Å². The highest BCUT2D eigenvalue weighted by Crippen LogP contribution is 2.28. The number of carboxylic acid groups (broad SMARTS) is 1. The van der Waals surface area contributed by atoms with E-state index in [0.29, 0.717) is 18.4 Å². The van der Waals surface area contributed by atoms with Crippen LogP contribution in [-0.4, -0.2) is 36.4 Å². The summed E-state index contributed by atoms with van der Waals surface area (Å²) in [5.41, 5.74) is 0.357. The Balaban J connectivity index is 2.36. The fourth-order valence-electron chi connectivity index (χ4n) is 2.47. The largest absolute Gasteiger partial charge is 0.480 e. The van der Waals surface area contributed by atoms with Crippen LogP contribution >= 0.6 is 0 Å². The third-order valence-electron chi connectivity index (χ3n) is 3.69. The predicted molar refractivity (Wildman–Crippen MR) is 74.9 cm³/mol. The van der Waals surface area contributed by atoms with E-state index in [-0.39, 0.29) is 17.4 Å². The molecule has 2 atom stereocenters. The molecule has 2 rings (SSSR count). The summed E-state index contributed by atoms with van der Waals surface area (Å²) in [5, 5.41) is 18.0. The molecule has 0 spiro atoms. The molecular weight excluding hydrogens is 292 g/mol. The Labute approximate surface area is 123 Å². The lowest BCUT2D eigenvalue weighted by Gasteiger charge is -2.34. The molecule has 1 aromatic rings. The maximum atomic E-state index is 12.6. The molecule has 1 N–H and O–H groups in total. The number of nitrogens with zero attached hydrogens (tertiary/aromatic N) is 2. The second kappa shape index (κ2) is 5.84. The zero-order valence-corrected chi connectivity index (χ0v) is 12.4. The van der Waals surface area contributed by atoms with Crippen molar-refractivity contribution in [1.29, 1.82) is 5.26 Å². The first-order valence-electron chi connectivity index (χ1n) is 6.61. The van der Waals surface area contributed by atoms with Gasteiger partial charge in [-0.15, -0.1) is 0 Å². The molecule has 1 saturated heterocycles. The van der Waals surface area contributed by atoms with Gasteiger partial charge in [0.15, 0.2) is 0 Å². The Kier molecular flexibility index (Phi) is 4.30. The second-order valence-electron chi connectivity index (χ2n) is 5.24. The molecule has 1 aliphatic heterocycles. The van der Waals surface area contributed by atoms with Gasteiger partial charge in [0.05, 0.1) is 16.5 Å². The third-order valence-corrected chi connectivity index (χ3v) is 5.61. The zero-order valence-electron chi connectivity index (χ0n) is 11.6. The van der Waals surface area contributed by atoms with Crippen LogP contribution in [0.3, 0.4) is 0 Å². The van der Waals surface area contributed by atoms with E-state index in [4.69, 9.17) is 5.26 Å².